The van der Waals surface area contributed by atoms with Gasteiger partial charge in [0.25, 0.3) is 0 Å². The summed E-state index contributed by atoms with van der Waals surface area (Å²) in [4.78, 5) is 30.6. The third kappa shape index (κ3) is 5.11. The van der Waals surface area contributed by atoms with Crippen molar-refractivity contribution in [1.29, 1.82) is 0 Å². The van der Waals surface area contributed by atoms with Crippen LogP contribution in [0.3, 0.4) is 0 Å². The van der Waals surface area contributed by atoms with Crippen LogP contribution in [0.1, 0.15) is 26.3 Å². The number of nitrogens with one attached hydrogen (secondary N) is 1. The number of amides is 1. The highest BCUT2D eigenvalue weighted by Gasteiger charge is 2.33. The Morgan fingerprint density at radius 3 is 2.51 bits per heavy atom. The largest absolute Gasteiger partial charge is 0.480 e. The summed E-state index contributed by atoms with van der Waals surface area (Å²) >= 11 is 0. The van der Waals surface area contributed by atoms with Crippen LogP contribution in [0.4, 0.5) is 4.79 Å². The fourth-order valence-electron chi connectivity index (χ4n) is 4.07. The molecule has 0 aliphatic rings. The quantitative estimate of drug-likeness (QED) is 0.389. The number of carboxylic acid groups (broad SMARTS) is 1. The van der Waals surface area contributed by atoms with Crippen molar-refractivity contribution in [3.63, 3.8) is 0 Å². The molecule has 0 bridgehead atoms. The van der Waals surface area contributed by atoms with E-state index in [4.69, 9.17) is 9.72 Å². The van der Waals surface area contributed by atoms with E-state index in [-0.39, 0.29) is 19.1 Å². The third-order valence-electron chi connectivity index (χ3n) is 5.63. The zero-order valence-electron chi connectivity index (χ0n) is 19.7. The Bertz CT molecular complexity index is 1340. The van der Waals surface area contributed by atoms with E-state index in [1.165, 1.54) is 4.90 Å². The average molecular weight is 475 g/mol. The third-order valence-corrected chi connectivity index (χ3v) is 5.63. The molecule has 180 valence electrons. The Morgan fingerprint density at radius 1 is 1.09 bits per heavy atom. The number of aromatic amines is 1. The normalized spacial score (nSPS) is 12.0. The number of hydrogen-bond acceptors (Lipinski definition) is 7. The Morgan fingerprint density at radius 2 is 1.86 bits per heavy atom. The zero-order valence-corrected chi connectivity index (χ0v) is 19.7. The molecule has 0 fully saturated rings. The molecule has 2 heterocycles. The molecule has 35 heavy (non-hydrogen) atoms. The fraction of sp³-hybridized carbons (Fsp3) is 0.280. The van der Waals surface area contributed by atoms with Gasteiger partial charge < -0.3 is 9.84 Å². The average Bonchev–Trinajstić information content (AvgIpc) is 3.38. The van der Waals surface area contributed by atoms with Crippen molar-refractivity contribution in [2.45, 2.75) is 33.4 Å². The number of ether oxygens (including phenoxy) is 1. The van der Waals surface area contributed by atoms with Crippen molar-refractivity contribution in [3.8, 4) is 22.6 Å². The first-order valence-corrected chi connectivity index (χ1v) is 11.3. The lowest BCUT2D eigenvalue weighted by Crippen LogP contribution is -2.47. The zero-order chi connectivity index (χ0) is 24.9. The lowest BCUT2D eigenvalue weighted by atomic mass is 10.0. The maximum Gasteiger partial charge on any atom is 0.410 e. The predicted molar refractivity (Wildman–Crippen MR) is 129 cm³/mol. The molecule has 4 aromatic rings. The van der Waals surface area contributed by atoms with Gasteiger partial charge in [0.2, 0.25) is 0 Å². The van der Waals surface area contributed by atoms with E-state index in [0.717, 1.165) is 33.3 Å². The summed E-state index contributed by atoms with van der Waals surface area (Å²) in [7, 11) is 0. The van der Waals surface area contributed by atoms with Gasteiger partial charge in [0, 0.05) is 23.1 Å². The summed E-state index contributed by atoms with van der Waals surface area (Å²) in [5, 5.41) is 24.7. The van der Waals surface area contributed by atoms with Crippen molar-refractivity contribution in [1.82, 2.24) is 30.5 Å². The summed E-state index contributed by atoms with van der Waals surface area (Å²) in [6.07, 6.45) is -0.652. The van der Waals surface area contributed by atoms with Crippen molar-refractivity contribution < 1.29 is 19.4 Å². The molecule has 10 heteroatoms. The van der Waals surface area contributed by atoms with Gasteiger partial charge in [-0.05, 0) is 47.0 Å². The van der Waals surface area contributed by atoms with Crippen LogP contribution in [0.5, 0.6) is 0 Å². The van der Waals surface area contributed by atoms with Crippen LogP contribution in [0.2, 0.25) is 0 Å². The molecular weight excluding hydrogens is 448 g/mol. The number of carboxylic acids is 1. The SMILES string of the molecule is CCOC(=O)N(Cc1ccc2nc(-c3ccccc3-c3nnn[nH]3)ccc2c1)[C@H](C(=O)O)C(C)C. The number of fused-ring (bicyclic) bond motifs is 1. The standard InChI is InChI=1S/C25H26N6O4/c1-4-35-25(34)31(22(15(2)3)24(32)33)14-16-9-11-20-17(13-16)10-12-21(26-20)18-7-5-6-8-19(18)23-27-29-30-28-23/h5-13,15,22H,4,14H2,1-3H3,(H,32,33)(H,27,28,29,30)/t22-/m0/s1. The summed E-state index contributed by atoms with van der Waals surface area (Å²) in [5.41, 5.74) is 4.01. The number of carbonyl (C=O) groups is 2. The van der Waals surface area contributed by atoms with Crippen molar-refractivity contribution >= 4 is 23.0 Å². The molecule has 0 radical (unpaired) electrons. The van der Waals surface area contributed by atoms with Gasteiger partial charge in [-0.15, -0.1) is 5.10 Å². The molecule has 4 rings (SSSR count). The topological polar surface area (TPSA) is 134 Å². The highest BCUT2D eigenvalue weighted by Crippen LogP contribution is 2.30. The van der Waals surface area contributed by atoms with Gasteiger partial charge >= 0.3 is 12.1 Å². The van der Waals surface area contributed by atoms with Crippen molar-refractivity contribution in [2.75, 3.05) is 6.61 Å². The smallest absolute Gasteiger partial charge is 0.410 e. The molecule has 2 aromatic heterocycles. The summed E-state index contributed by atoms with van der Waals surface area (Å²) in [6, 6.07) is 16.2. The second-order valence-electron chi connectivity index (χ2n) is 8.37. The highest BCUT2D eigenvalue weighted by molar-refractivity contribution is 5.86. The Balaban J connectivity index is 1.67. The van der Waals surface area contributed by atoms with Crippen LogP contribution < -0.4 is 0 Å². The van der Waals surface area contributed by atoms with Gasteiger partial charge in [-0.25, -0.2) is 19.7 Å². The molecule has 0 unspecified atom stereocenters. The predicted octanol–water partition coefficient (Wildman–Crippen LogP) is 4.15. The van der Waals surface area contributed by atoms with Gasteiger partial charge in [-0.3, -0.25) is 4.90 Å². The lowest BCUT2D eigenvalue weighted by Gasteiger charge is -2.30. The molecule has 0 aliphatic heterocycles. The van der Waals surface area contributed by atoms with Gasteiger partial charge in [0.15, 0.2) is 5.82 Å². The lowest BCUT2D eigenvalue weighted by molar-refractivity contribution is -0.144. The van der Waals surface area contributed by atoms with Crippen LogP contribution in [-0.2, 0) is 16.1 Å². The van der Waals surface area contributed by atoms with Gasteiger partial charge in [-0.1, -0.05) is 50.2 Å². The summed E-state index contributed by atoms with van der Waals surface area (Å²) in [6.45, 7) is 5.49. The van der Waals surface area contributed by atoms with E-state index in [0.29, 0.717) is 5.82 Å². The van der Waals surface area contributed by atoms with Gasteiger partial charge in [0.1, 0.15) is 6.04 Å². The Hall–Kier alpha value is -4.34. The first-order chi connectivity index (χ1) is 16.9. The van der Waals surface area contributed by atoms with E-state index in [1.807, 2.05) is 54.6 Å². The minimum atomic E-state index is -1.07. The van der Waals surface area contributed by atoms with Crippen molar-refractivity contribution in [3.05, 3.63) is 60.2 Å². The van der Waals surface area contributed by atoms with E-state index in [2.05, 4.69) is 20.6 Å². The number of benzene rings is 2. The maximum atomic E-state index is 12.6. The number of nitrogens with zero attached hydrogens (tertiary/aromatic N) is 5. The van der Waals surface area contributed by atoms with E-state index in [1.54, 1.807) is 20.8 Å². The molecule has 0 spiro atoms. The van der Waals surface area contributed by atoms with E-state index < -0.39 is 18.1 Å². The molecular formula is C25H26N6O4. The fourth-order valence-corrected chi connectivity index (χ4v) is 4.07. The number of aliphatic carboxylic acids is 1. The number of hydrogen-bond donors (Lipinski definition) is 2. The summed E-state index contributed by atoms with van der Waals surface area (Å²) < 4.78 is 5.15. The number of H-pyrrole nitrogens is 1. The highest BCUT2D eigenvalue weighted by atomic mass is 16.6. The number of carbonyl (C=O) groups excluding carboxylic acids is 1. The van der Waals surface area contributed by atoms with Crippen LogP contribution in [-0.4, -0.2) is 60.3 Å². The first-order valence-electron chi connectivity index (χ1n) is 11.3. The molecule has 0 saturated heterocycles. The Kier molecular flexibility index (Phi) is 7.00. The maximum absolute atomic E-state index is 12.6. The minimum absolute atomic E-state index is 0.104. The van der Waals surface area contributed by atoms with E-state index in [9.17, 15) is 14.7 Å². The molecule has 1 amide bonds. The number of aromatic nitrogens is 5. The second kappa shape index (κ2) is 10.3. The summed E-state index contributed by atoms with van der Waals surface area (Å²) in [5.74, 6) is -0.808. The molecule has 0 aliphatic carbocycles. The first kappa shape index (κ1) is 23.8. The molecule has 1 atom stereocenters. The molecule has 2 N–H and O–H groups in total. The second-order valence-corrected chi connectivity index (χ2v) is 8.37. The minimum Gasteiger partial charge on any atom is -0.480 e. The number of tetrazole rings is 1. The number of rotatable bonds is 8. The van der Waals surface area contributed by atoms with E-state index >= 15 is 0 Å². The van der Waals surface area contributed by atoms with Crippen LogP contribution in [0, 0.1) is 5.92 Å². The van der Waals surface area contributed by atoms with Gasteiger partial charge in [-0.2, -0.15) is 0 Å². The van der Waals surface area contributed by atoms with Crippen LogP contribution >= 0.6 is 0 Å². The number of pyridine rings is 1. The van der Waals surface area contributed by atoms with Gasteiger partial charge in [0.05, 0.1) is 17.8 Å². The molecule has 2 aromatic carbocycles. The van der Waals surface area contributed by atoms with Crippen LogP contribution in [0.15, 0.2) is 54.6 Å². The molecule has 10 nitrogen and oxygen atoms in total. The Labute approximate surface area is 201 Å². The monoisotopic (exact) mass is 474 g/mol. The van der Waals surface area contributed by atoms with Crippen LogP contribution in [0.25, 0.3) is 33.5 Å². The van der Waals surface area contributed by atoms with Crippen molar-refractivity contribution in [2.24, 2.45) is 5.92 Å². The molecule has 0 saturated carbocycles.